The first-order valence-electron chi connectivity index (χ1n) is 5.31. The van der Waals surface area contributed by atoms with Crippen molar-refractivity contribution in [3.8, 4) is 24.7 Å². The molecule has 0 aromatic rings. The monoisotopic (exact) mass is 252 g/mol. The van der Waals surface area contributed by atoms with Crippen molar-refractivity contribution < 1.29 is 19.1 Å². The van der Waals surface area contributed by atoms with Gasteiger partial charge in [0, 0.05) is 25.7 Å². The highest BCUT2D eigenvalue weighted by atomic mass is 16.6. The molecule has 0 aliphatic carbocycles. The standard InChI is InChI=1S/C12H16N2O4/c1-3-5-7-9(13)17-11(15)12(16)18-10(14)8-6-4-2/h1-2,9-10H,5-8,13-14H2. The number of carbonyl (C=O) groups is 2. The van der Waals surface area contributed by atoms with Gasteiger partial charge < -0.3 is 9.47 Å². The predicted molar refractivity (Wildman–Crippen MR) is 64.3 cm³/mol. The summed E-state index contributed by atoms with van der Waals surface area (Å²) in [5, 5.41) is 0. The lowest BCUT2D eigenvalue weighted by atomic mass is 10.3. The lowest BCUT2D eigenvalue weighted by molar-refractivity contribution is -0.174. The molecule has 0 fully saturated rings. The fraction of sp³-hybridized carbons (Fsp3) is 0.500. The third-order valence-electron chi connectivity index (χ3n) is 1.83. The maximum atomic E-state index is 11.2. The fourth-order valence-corrected chi connectivity index (χ4v) is 0.940. The van der Waals surface area contributed by atoms with Gasteiger partial charge in [-0.2, -0.15) is 0 Å². The van der Waals surface area contributed by atoms with Crippen molar-refractivity contribution in [1.82, 2.24) is 0 Å². The first-order chi connectivity index (χ1) is 8.51. The van der Waals surface area contributed by atoms with E-state index < -0.39 is 24.4 Å². The minimum atomic E-state index is -1.20. The summed E-state index contributed by atoms with van der Waals surface area (Å²) in [4.78, 5) is 22.4. The average molecular weight is 252 g/mol. The van der Waals surface area contributed by atoms with Gasteiger partial charge >= 0.3 is 11.9 Å². The van der Waals surface area contributed by atoms with Gasteiger partial charge in [-0.25, -0.2) is 9.59 Å². The van der Waals surface area contributed by atoms with Crippen molar-refractivity contribution >= 4 is 11.9 Å². The molecule has 2 unspecified atom stereocenters. The molecule has 0 bridgehead atoms. The average Bonchev–Trinajstić information content (AvgIpc) is 2.33. The minimum absolute atomic E-state index is 0.263. The second-order valence-corrected chi connectivity index (χ2v) is 3.37. The van der Waals surface area contributed by atoms with E-state index in [0.29, 0.717) is 12.8 Å². The zero-order valence-electron chi connectivity index (χ0n) is 9.93. The number of terminal acetylenes is 2. The number of rotatable bonds is 6. The molecule has 4 N–H and O–H groups in total. The van der Waals surface area contributed by atoms with Crippen molar-refractivity contribution in [1.29, 1.82) is 0 Å². The predicted octanol–water partition coefficient (Wildman–Crippen LogP) is -0.531. The van der Waals surface area contributed by atoms with Crippen molar-refractivity contribution in [3.05, 3.63) is 0 Å². The number of hydrogen-bond donors (Lipinski definition) is 2. The lowest BCUT2D eigenvalue weighted by Crippen LogP contribution is -2.35. The molecule has 0 aromatic carbocycles. The fourth-order valence-electron chi connectivity index (χ4n) is 0.940. The highest BCUT2D eigenvalue weighted by Crippen LogP contribution is 2.00. The molecular weight excluding hydrogens is 236 g/mol. The maximum absolute atomic E-state index is 11.2. The Labute approximate surface area is 106 Å². The van der Waals surface area contributed by atoms with E-state index in [9.17, 15) is 9.59 Å². The quantitative estimate of drug-likeness (QED) is 0.285. The van der Waals surface area contributed by atoms with Crippen LogP contribution >= 0.6 is 0 Å². The van der Waals surface area contributed by atoms with Crippen LogP contribution in [0.25, 0.3) is 0 Å². The largest absolute Gasteiger partial charge is 0.438 e. The SMILES string of the molecule is C#CCCC(N)OC(=O)C(=O)OC(N)CCC#C. The molecule has 18 heavy (non-hydrogen) atoms. The molecule has 0 aliphatic rings. The normalized spacial score (nSPS) is 12.7. The van der Waals surface area contributed by atoms with Gasteiger partial charge in [0.1, 0.15) is 0 Å². The van der Waals surface area contributed by atoms with Gasteiger partial charge in [-0.3, -0.25) is 11.5 Å². The van der Waals surface area contributed by atoms with E-state index in [4.69, 9.17) is 24.3 Å². The van der Waals surface area contributed by atoms with E-state index in [-0.39, 0.29) is 12.8 Å². The van der Waals surface area contributed by atoms with Crippen LogP contribution in [0.1, 0.15) is 25.7 Å². The van der Waals surface area contributed by atoms with Crippen LogP contribution in [0.4, 0.5) is 0 Å². The number of ether oxygens (including phenoxy) is 2. The summed E-state index contributed by atoms with van der Waals surface area (Å²) in [7, 11) is 0. The van der Waals surface area contributed by atoms with E-state index in [1.54, 1.807) is 0 Å². The third kappa shape index (κ3) is 7.29. The van der Waals surface area contributed by atoms with Gasteiger partial charge in [0.05, 0.1) is 0 Å². The maximum Gasteiger partial charge on any atom is 0.419 e. The summed E-state index contributed by atoms with van der Waals surface area (Å²) in [6.45, 7) is 0. The Bertz CT molecular complexity index is 331. The summed E-state index contributed by atoms with van der Waals surface area (Å²) in [6, 6.07) is 0. The first kappa shape index (κ1) is 16.0. The molecule has 98 valence electrons. The van der Waals surface area contributed by atoms with Crippen LogP contribution in [0, 0.1) is 24.7 Å². The van der Waals surface area contributed by atoms with Gasteiger partial charge in [0.2, 0.25) is 0 Å². The van der Waals surface area contributed by atoms with Crippen LogP contribution in [0.15, 0.2) is 0 Å². The number of nitrogens with two attached hydrogens (primary N) is 2. The Morgan fingerprint density at radius 1 is 0.944 bits per heavy atom. The van der Waals surface area contributed by atoms with Crippen LogP contribution in [0.5, 0.6) is 0 Å². The van der Waals surface area contributed by atoms with E-state index in [1.165, 1.54) is 0 Å². The van der Waals surface area contributed by atoms with Crippen LogP contribution in [0.3, 0.4) is 0 Å². The van der Waals surface area contributed by atoms with Gasteiger partial charge in [-0.1, -0.05) is 0 Å². The van der Waals surface area contributed by atoms with Crippen molar-refractivity contribution in [2.75, 3.05) is 0 Å². The second-order valence-electron chi connectivity index (χ2n) is 3.37. The first-order valence-corrected chi connectivity index (χ1v) is 5.31. The van der Waals surface area contributed by atoms with Gasteiger partial charge in [0.25, 0.3) is 0 Å². The molecule has 0 aromatic heterocycles. The van der Waals surface area contributed by atoms with E-state index in [1.807, 2.05) is 0 Å². The topological polar surface area (TPSA) is 105 Å². The molecular formula is C12H16N2O4. The highest BCUT2D eigenvalue weighted by molar-refractivity contribution is 6.29. The van der Waals surface area contributed by atoms with Gasteiger partial charge in [-0.15, -0.1) is 24.7 Å². The zero-order chi connectivity index (χ0) is 14.0. The molecule has 0 amide bonds. The Hall–Kier alpha value is -2.02. The molecule has 0 rings (SSSR count). The Morgan fingerprint density at radius 3 is 1.56 bits per heavy atom. The second kappa shape index (κ2) is 9.06. The van der Waals surface area contributed by atoms with E-state index in [0.717, 1.165) is 0 Å². The third-order valence-corrected chi connectivity index (χ3v) is 1.83. The molecule has 6 nitrogen and oxygen atoms in total. The summed E-state index contributed by atoms with van der Waals surface area (Å²) in [6.07, 6.45) is 9.34. The molecule has 0 radical (unpaired) electrons. The Balaban J connectivity index is 4.00. The molecule has 6 heteroatoms. The molecule has 0 heterocycles. The molecule has 0 spiro atoms. The van der Waals surface area contributed by atoms with Crippen LogP contribution < -0.4 is 11.5 Å². The number of esters is 2. The van der Waals surface area contributed by atoms with Gasteiger partial charge in [-0.05, 0) is 0 Å². The molecule has 0 saturated heterocycles. The Kier molecular flexibility index (Phi) is 8.04. The minimum Gasteiger partial charge on any atom is -0.438 e. The summed E-state index contributed by atoms with van der Waals surface area (Å²) in [5.74, 6) is 2.26. The highest BCUT2D eigenvalue weighted by Gasteiger charge is 2.22. The molecule has 2 atom stereocenters. The lowest BCUT2D eigenvalue weighted by Gasteiger charge is -2.13. The van der Waals surface area contributed by atoms with Crippen molar-refractivity contribution in [2.45, 2.75) is 38.1 Å². The number of hydrogen-bond acceptors (Lipinski definition) is 6. The Morgan fingerprint density at radius 2 is 1.28 bits per heavy atom. The molecule has 0 saturated carbocycles. The van der Waals surface area contributed by atoms with Crippen molar-refractivity contribution in [2.24, 2.45) is 11.5 Å². The van der Waals surface area contributed by atoms with Gasteiger partial charge in [0.15, 0.2) is 12.5 Å². The smallest absolute Gasteiger partial charge is 0.419 e. The number of carbonyl (C=O) groups excluding carboxylic acids is 2. The van der Waals surface area contributed by atoms with Crippen molar-refractivity contribution in [3.63, 3.8) is 0 Å². The van der Waals surface area contributed by atoms with Crippen LogP contribution in [-0.4, -0.2) is 24.4 Å². The summed E-state index contributed by atoms with van der Waals surface area (Å²) >= 11 is 0. The summed E-state index contributed by atoms with van der Waals surface area (Å²) < 4.78 is 9.18. The van der Waals surface area contributed by atoms with E-state index >= 15 is 0 Å². The van der Waals surface area contributed by atoms with Crippen LogP contribution in [0.2, 0.25) is 0 Å². The zero-order valence-corrected chi connectivity index (χ0v) is 9.93. The molecule has 0 aliphatic heterocycles. The van der Waals surface area contributed by atoms with Crippen LogP contribution in [-0.2, 0) is 19.1 Å². The summed E-state index contributed by atoms with van der Waals surface area (Å²) in [5.41, 5.74) is 10.8. The van der Waals surface area contributed by atoms with E-state index in [2.05, 4.69) is 21.3 Å².